The van der Waals surface area contributed by atoms with Crippen LogP contribution in [-0.4, -0.2) is 14.9 Å². The van der Waals surface area contributed by atoms with Crippen LogP contribution in [0.4, 0.5) is 28.4 Å². The summed E-state index contributed by atoms with van der Waals surface area (Å²) in [6.45, 7) is 19.5. The molecule has 0 fully saturated rings. The van der Waals surface area contributed by atoms with Crippen molar-refractivity contribution in [3.8, 4) is 0 Å². The topological polar surface area (TPSA) is 6.48 Å². The minimum Gasteiger partial charge on any atom is -0.377 e. The lowest BCUT2D eigenvalue weighted by Gasteiger charge is -2.48. The van der Waals surface area contributed by atoms with Crippen molar-refractivity contribution in [1.29, 1.82) is 0 Å². The van der Waals surface area contributed by atoms with E-state index < -0.39 is 8.07 Å². The molecule has 0 unspecified atom stereocenters. The van der Waals surface area contributed by atoms with Crippen molar-refractivity contribution >= 4 is 99.0 Å². The lowest BCUT2D eigenvalue weighted by Crippen LogP contribution is -2.67. The fraction of sp³-hybridized carbons (Fsp3) is 0.231. The van der Waals surface area contributed by atoms with Gasteiger partial charge in [-0.1, -0.05) is 155 Å². The summed E-state index contributed by atoms with van der Waals surface area (Å²) >= 11 is 3.85. The van der Waals surface area contributed by atoms with Gasteiger partial charge in [0.2, 0.25) is 0 Å². The van der Waals surface area contributed by atoms with Gasteiger partial charge in [-0.2, -0.15) is 0 Å². The average molecular weight is 805 g/mol. The smallest absolute Gasteiger partial charge is 0.332 e. The normalized spacial score (nSPS) is 17.7. The molecule has 11 rings (SSSR count). The molecule has 3 heterocycles. The summed E-state index contributed by atoms with van der Waals surface area (Å²) in [5.74, 6) is 0. The predicted molar refractivity (Wildman–Crippen MR) is 255 cm³/mol. The highest BCUT2D eigenvalue weighted by Gasteiger charge is 2.48. The van der Waals surface area contributed by atoms with Gasteiger partial charge in [-0.05, 0) is 123 Å². The number of fused-ring (bicyclic) bond motifs is 9. The van der Waals surface area contributed by atoms with E-state index in [1.165, 1.54) is 115 Å². The van der Waals surface area contributed by atoms with Crippen LogP contribution < -0.4 is 31.0 Å². The van der Waals surface area contributed by atoms with Gasteiger partial charge in [0.15, 0.2) is 0 Å². The number of rotatable bonds is 2. The highest BCUT2D eigenvalue weighted by atomic mass is 32.2. The van der Waals surface area contributed by atoms with Crippen LogP contribution in [0.2, 0.25) is 13.1 Å². The van der Waals surface area contributed by atoms with Crippen molar-refractivity contribution in [2.75, 3.05) is 9.71 Å². The minimum atomic E-state index is -2.03. The number of aryl methyl sites for hydroxylation is 2. The summed E-state index contributed by atoms with van der Waals surface area (Å²) in [5.41, 5.74) is 15.2. The summed E-state index contributed by atoms with van der Waals surface area (Å²) < 4.78 is 0. The number of anilines is 5. The number of hydrogen-bond donors (Lipinski definition) is 0. The van der Waals surface area contributed by atoms with Crippen LogP contribution in [0, 0.1) is 13.8 Å². The lowest BCUT2D eigenvalue weighted by atomic mass is 9.46. The molecular weight excluding hydrogens is 756 g/mol. The van der Waals surface area contributed by atoms with E-state index in [4.69, 9.17) is 0 Å². The molecule has 0 radical (unpaired) electrons. The Balaban J connectivity index is 1.27. The third-order valence-corrected chi connectivity index (χ3v) is 20.1. The fourth-order valence-electron chi connectivity index (χ4n) is 10.7. The van der Waals surface area contributed by atoms with Crippen molar-refractivity contribution in [3.05, 3.63) is 150 Å². The zero-order chi connectivity index (χ0) is 39.9. The van der Waals surface area contributed by atoms with Gasteiger partial charge in [0, 0.05) is 47.7 Å². The second kappa shape index (κ2) is 12.7. The average Bonchev–Trinajstić information content (AvgIpc) is 3.21. The second-order valence-corrected chi connectivity index (χ2v) is 25.4. The highest BCUT2D eigenvalue weighted by molar-refractivity contribution is 8.05. The molecule has 286 valence electrons. The Morgan fingerprint density at radius 2 is 1.17 bits per heavy atom. The molecule has 0 N–H and O–H groups in total. The van der Waals surface area contributed by atoms with Gasteiger partial charge in [-0.15, -0.1) is 0 Å². The summed E-state index contributed by atoms with van der Waals surface area (Å²) in [6, 6.07) is 49.5. The third kappa shape index (κ3) is 5.20. The maximum atomic E-state index is 2.76. The lowest BCUT2D eigenvalue weighted by molar-refractivity contribution is 0.332. The molecule has 7 aromatic carbocycles. The first-order chi connectivity index (χ1) is 27.8. The Kier molecular flexibility index (Phi) is 7.98. The molecule has 0 amide bonds. The molecular formula is C52H49BN2S2Si. The van der Waals surface area contributed by atoms with Crippen molar-refractivity contribution < 1.29 is 0 Å². The molecule has 0 aromatic heterocycles. The van der Waals surface area contributed by atoms with Crippen LogP contribution in [0.25, 0.3) is 10.8 Å². The molecule has 4 aliphatic rings. The molecule has 58 heavy (non-hydrogen) atoms. The Morgan fingerprint density at radius 3 is 1.93 bits per heavy atom. The van der Waals surface area contributed by atoms with Crippen molar-refractivity contribution in [2.24, 2.45) is 0 Å². The maximum absolute atomic E-state index is 2.76. The van der Waals surface area contributed by atoms with E-state index in [0.717, 1.165) is 0 Å². The van der Waals surface area contributed by atoms with E-state index in [1.807, 2.05) is 23.5 Å². The Morgan fingerprint density at radius 1 is 0.534 bits per heavy atom. The zero-order valence-corrected chi connectivity index (χ0v) is 37.5. The first-order valence-electron chi connectivity index (χ1n) is 20.9. The van der Waals surface area contributed by atoms with Gasteiger partial charge in [-0.3, -0.25) is 0 Å². The fourth-order valence-corrected chi connectivity index (χ4v) is 16.1. The van der Waals surface area contributed by atoms with Gasteiger partial charge >= 0.3 is 6.85 Å². The molecule has 1 aliphatic carbocycles. The summed E-state index contributed by atoms with van der Waals surface area (Å²) in [4.78, 5) is 10.8. The minimum absolute atomic E-state index is 0.0571. The summed E-state index contributed by atoms with van der Waals surface area (Å²) in [6.07, 6.45) is 2.38. The highest BCUT2D eigenvalue weighted by Crippen LogP contribution is 2.54. The largest absolute Gasteiger partial charge is 0.377 e. The maximum Gasteiger partial charge on any atom is 0.332 e. The standard InChI is InChI=1S/C52H49BN2S2Si/c1-32-16-15-23-48-49(32)55(40-19-11-14-22-47(40)58(48,7)8)53-38-25-24-34-17-9-10-18-35(34)50(38)54(41-29-37-36(28-33(41)2)51(3,4)26-27-52(37,5)6)42-31-46-45(30-39(42)53)56-43-20-12-13-21-44(43)57-46/h9-25,28-31H,26-27H2,1-8H3. The van der Waals surface area contributed by atoms with Crippen molar-refractivity contribution in [1.82, 2.24) is 0 Å². The van der Waals surface area contributed by atoms with E-state index in [-0.39, 0.29) is 17.7 Å². The summed E-state index contributed by atoms with van der Waals surface area (Å²) in [5, 5.41) is 5.59. The third-order valence-electron chi connectivity index (χ3n) is 14.0. The predicted octanol–water partition coefficient (Wildman–Crippen LogP) is 12.3. The second-order valence-electron chi connectivity index (χ2n) is 18.9. The number of nitrogens with zero attached hydrogens (tertiary/aromatic N) is 2. The van der Waals surface area contributed by atoms with E-state index in [2.05, 4.69) is 192 Å². The van der Waals surface area contributed by atoms with Crippen molar-refractivity contribution in [2.45, 2.75) is 97.9 Å². The Labute approximate surface area is 354 Å². The molecule has 3 aliphatic heterocycles. The molecule has 6 heteroatoms. The first-order valence-corrected chi connectivity index (χ1v) is 25.6. The Bertz CT molecular complexity index is 2900. The van der Waals surface area contributed by atoms with Gasteiger partial charge in [0.05, 0.1) is 5.69 Å². The SMILES string of the molecule is Cc1cc2c(cc1N1c3cc4c(cc3B(N3c5ccccc5[Si](C)(C)c5cccc(C)c53)c3ccc5ccccc5c31)Sc1ccccc1S4)C(C)(C)CCC2(C)C. The zero-order valence-electron chi connectivity index (χ0n) is 34.8. The van der Waals surface area contributed by atoms with E-state index >= 15 is 0 Å². The number of para-hydroxylation sites is 2. The van der Waals surface area contributed by atoms with Crippen molar-refractivity contribution in [3.63, 3.8) is 0 Å². The number of hydrogen-bond acceptors (Lipinski definition) is 4. The summed E-state index contributed by atoms with van der Waals surface area (Å²) in [7, 11) is -2.03. The van der Waals surface area contributed by atoms with Gasteiger partial charge in [0.1, 0.15) is 8.07 Å². The van der Waals surface area contributed by atoms with Gasteiger partial charge in [-0.25, -0.2) is 0 Å². The molecule has 0 bridgehead atoms. The molecule has 0 spiro atoms. The van der Waals surface area contributed by atoms with Gasteiger partial charge in [0.25, 0.3) is 0 Å². The van der Waals surface area contributed by atoms with Crippen LogP contribution >= 0.6 is 23.5 Å². The molecule has 0 atom stereocenters. The Hall–Kier alpha value is -4.62. The van der Waals surface area contributed by atoms with Crippen LogP contribution in [0.15, 0.2) is 147 Å². The number of benzene rings is 7. The van der Waals surface area contributed by atoms with E-state index in [9.17, 15) is 0 Å². The van der Waals surface area contributed by atoms with Crippen LogP contribution in [0.3, 0.4) is 0 Å². The quantitative estimate of drug-likeness (QED) is 0.161. The van der Waals surface area contributed by atoms with E-state index in [0.29, 0.717) is 0 Å². The van der Waals surface area contributed by atoms with Crippen LogP contribution in [0.5, 0.6) is 0 Å². The van der Waals surface area contributed by atoms with Gasteiger partial charge < -0.3 is 9.71 Å². The van der Waals surface area contributed by atoms with Crippen LogP contribution in [-0.2, 0) is 10.8 Å². The molecule has 2 nitrogen and oxygen atoms in total. The van der Waals surface area contributed by atoms with Crippen LogP contribution in [0.1, 0.15) is 62.8 Å². The first kappa shape index (κ1) is 36.5. The van der Waals surface area contributed by atoms with E-state index in [1.54, 1.807) is 0 Å². The molecule has 0 saturated carbocycles. The monoisotopic (exact) mass is 804 g/mol. The molecule has 7 aromatic rings. The molecule has 0 saturated heterocycles.